The van der Waals surface area contributed by atoms with E-state index in [0.717, 1.165) is 21.3 Å². The molecule has 0 aliphatic rings. The van der Waals surface area contributed by atoms with Crippen molar-refractivity contribution in [2.75, 3.05) is 11.5 Å². The average molecular weight is 345 g/mol. The topological polar surface area (TPSA) is 95.6 Å². The average Bonchev–Trinajstić information content (AvgIpc) is 2.90. The third-order valence-electron chi connectivity index (χ3n) is 3.19. The van der Waals surface area contributed by atoms with Gasteiger partial charge in [0.2, 0.25) is 0 Å². The van der Waals surface area contributed by atoms with Crippen molar-refractivity contribution in [2.24, 2.45) is 0 Å². The highest BCUT2D eigenvalue weighted by molar-refractivity contribution is 9.10. The molecule has 21 heavy (non-hydrogen) atoms. The Kier molecular flexibility index (Phi) is 3.34. The Morgan fingerprint density at radius 1 is 1.10 bits per heavy atom. The van der Waals surface area contributed by atoms with E-state index in [9.17, 15) is 0 Å². The van der Waals surface area contributed by atoms with E-state index in [4.69, 9.17) is 11.5 Å². The van der Waals surface area contributed by atoms with Crippen molar-refractivity contribution in [2.45, 2.75) is 6.92 Å². The summed E-state index contributed by atoms with van der Waals surface area (Å²) in [5.41, 5.74) is 15.6. The van der Waals surface area contributed by atoms with E-state index in [1.165, 1.54) is 0 Å². The Morgan fingerprint density at radius 2 is 1.90 bits per heavy atom. The number of nitrogens with zero attached hydrogens (tertiary/aromatic N) is 4. The normalized spacial score (nSPS) is 10.8. The molecule has 3 aromatic rings. The molecule has 0 bridgehead atoms. The first-order chi connectivity index (χ1) is 10.1. The van der Waals surface area contributed by atoms with E-state index >= 15 is 0 Å². The van der Waals surface area contributed by atoms with Gasteiger partial charge in [0.05, 0.1) is 5.69 Å². The molecule has 0 atom stereocenters. The zero-order chi connectivity index (χ0) is 15.0. The Labute approximate surface area is 129 Å². The van der Waals surface area contributed by atoms with Gasteiger partial charge in [-0.05, 0) is 53.2 Å². The summed E-state index contributed by atoms with van der Waals surface area (Å²) in [6, 6.07) is 11.2. The fraction of sp³-hybridized carbons (Fsp3) is 0.0714. The molecule has 0 radical (unpaired) electrons. The van der Waals surface area contributed by atoms with Crippen LogP contribution >= 0.6 is 15.9 Å². The molecule has 3 rings (SSSR count). The number of anilines is 2. The smallest absolute Gasteiger partial charge is 0.189 e. The summed E-state index contributed by atoms with van der Waals surface area (Å²) in [6.45, 7) is 2.00. The fourth-order valence-electron chi connectivity index (χ4n) is 2.11. The van der Waals surface area contributed by atoms with Gasteiger partial charge in [0.1, 0.15) is 0 Å². The highest BCUT2D eigenvalue weighted by Gasteiger charge is 2.15. The van der Waals surface area contributed by atoms with Gasteiger partial charge in [-0.1, -0.05) is 22.0 Å². The number of rotatable bonds is 2. The molecule has 1 aromatic heterocycles. The number of aromatic nitrogens is 4. The van der Waals surface area contributed by atoms with Crippen LogP contribution in [0.5, 0.6) is 0 Å². The highest BCUT2D eigenvalue weighted by Crippen LogP contribution is 2.28. The van der Waals surface area contributed by atoms with E-state index in [-0.39, 0.29) is 0 Å². The van der Waals surface area contributed by atoms with Crippen molar-refractivity contribution < 1.29 is 0 Å². The number of benzene rings is 2. The quantitative estimate of drug-likeness (QED) is 0.696. The molecular weight excluding hydrogens is 332 g/mol. The molecule has 0 aliphatic carbocycles. The Bertz CT molecular complexity index is 811. The molecule has 106 valence electrons. The molecule has 0 aliphatic heterocycles. The van der Waals surface area contributed by atoms with Crippen LogP contribution in [0.15, 0.2) is 40.9 Å². The van der Waals surface area contributed by atoms with Gasteiger partial charge < -0.3 is 11.5 Å². The summed E-state index contributed by atoms with van der Waals surface area (Å²) in [6.07, 6.45) is 0. The number of nitrogens with two attached hydrogens (primary N) is 2. The van der Waals surface area contributed by atoms with Crippen molar-refractivity contribution in [1.29, 1.82) is 0 Å². The van der Waals surface area contributed by atoms with E-state index in [0.29, 0.717) is 17.2 Å². The van der Waals surface area contributed by atoms with Crippen LogP contribution in [0.3, 0.4) is 0 Å². The minimum atomic E-state index is 0.540. The zero-order valence-corrected chi connectivity index (χ0v) is 12.9. The number of aryl methyl sites for hydroxylation is 1. The summed E-state index contributed by atoms with van der Waals surface area (Å²) in [5, 5.41) is 11.9. The third-order valence-corrected chi connectivity index (χ3v) is 3.68. The molecule has 4 N–H and O–H groups in total. The monoisotopic (exact) mass is 344 g/mol. The predicted molar refractivity (Wildman–Crippen MR) is 85.9 cm³/mol. The van der Waals surface area contributed by atoms with Crippen LogP contribution in [0.25, 0.3) is 17.1 Å². The first-order valence-electron chi connectivity index (χ1n) is 6.26. The van der Waals surface area contributed by atoms with Crippen molar-refractivity contribution in [3.8, 4) is 17.1 Å². The number of hydrogen-bond acceptors (Lipinski definition) is 5. The lowest BCUT2D eigenvalue weighted by Gasteiger charge is -2.10. The molecule has 1 heterocycles. The molecule has 0 unspecified atom stereocenters. The van der Waals surface area contributed by atoms with Crippen LogP contribution < -0.4 is 11.5 Å². The summed E-state index contributed by atoms with van der Waals surface area (Å²) in [4.78, 5) is 0. The van der Waals surface area contributed by atoms with Gasteiger partial charge in [0.15, 0.2) is 5.82 Å². The van der Waals surface area contributed by atoms with Gasteiger partial charge in [-0.3, -0.25) is 0 Å². The van der Waals surface area contributed by atoms with Crippen LogP contribution in [0.2, 0.25) is 0 Å². The molecule has 0 saturated carbocycles. The summed E-state index contributed by atoms with van der Waals surface area (Å²) in [7, 11) is 0. The zero-order valence-electron chi connectivity index (χ0n) is 11.3. The number of hydrogen-bond donors (Lipinski definition) is 2. The number of tetrazole rings is 1. The maximum atomic E-state index is 6.03. The predicted octanol–water partition coefficient (Wildman–Crippen LogP) is 2.56. The highest BCUT2D eigenvalue weighted by atomic mass is 79.9. The van der Waals surface area contributed by atoms with Crippen molar-refractivity contribution in [3.05, 3.63) is 46.4 Å². The van der Waals surface area contributed by atoms with E-state index in [1.54, 1.807) is 16.8 Å². The lowest BCUT2D eigenvalue weighted by atomic mass is 10.1. The number of nitrogen functional groups attached to an aromatic ring is 2. The third kappa shape index (κ3) is 2.47. The first kappa shape index (κ1) is 13.6. The van der Waals surface area contributed by atoms with Crippen molar-refractivity contribution in [3.63, 3.8) is 0 Å². The second-order valence-corrected chi connectivity index (χ2v) is 5.61. The second-order valence-electron chi connectivity index (χ2n) is 4.69. The first-order valence-corrected chi connectivity index (χ1v) is 7.06. The summed E-state index contributed by atoms with van der Waals surface area (Å²) < 4.78 is 2.62. The van der Waals surface area contributed by atoms with Crippen LogP contribution in [0.4, 0.5) is 11.4 Å². The number of halogens is 1. The van der Waals surface area contributed by atoms with Crippen LogP contribution in [0, 0.1) is 6.92 Å². The van der Waals surface area contributed by atoms with Gasteiger partial charge in [0.25, 0.3) is 0 Å². The summed E-state index contributed by atoms with van der Waals surface area (Å²) in [5.74, 6) is 0.578. The molecule has 0 fully saturated rings. The molecule has 7 heteroatoms. The minimum absolute atomic E-state index is 0.540. The molecule has 0 saturated heterocycles. The lowest BCUT2D eigenvalue weighted by molar-refractivity contribution is 0.787. The fourth-order valence-corrected chi connectivity index (χ4v) is 2.46. The summed E-state index contributed by atoms with van der Waals surface area (Å²) >= 11 is 3.46. The van der Waals surface area contributed by atoms with Crippen molar-refractivity contribution in [1.82, 2.24) is 20.2 Å². The van der Waals surface area contributed by atoms with E-state index in [2.05, 4.69) is 31.5 Å². The Morgan fingerprint density at radius 3 is 2.67 bits per heavy atom. The van der Waals surface area contributed by atoms with Crippen molar-refractivity contribution >= 4 is 27.3 Å². The van der Waals surface area contributed by atoms with Crippen LogP contribution in [-0.2, 0) is 0 Å². The van der Waals surface area contributed by atoms with Crippen LogP contribution in [-0.4, -0.2) is 20.2 Å². The van der Waals surface area contributed by atoms with Gasteiger partial charge >= 0.3 is 0 Å². The molecule has 0 spiro atoms. The Hall–Kier alpha value is -2.41. The Balaban J connectivity index is 2.19. The largest absolute Gasteiger partial charge is 0.399 e. The van der Waals surface area contributed by atoms with Crippen LogP contribution in [0.1, 0.15) is 5.56 Å². The molecule has 2 aromatic carbocycles. The molecule has 0 amide bonds. The van der Waals surface area contributed by atoms with Gasteiger partial charge in [-0.25, -0.2) is 0 Å². The second kappa shape index (κ2) is 5.17. The van der Waals surface area contributed by atoms with Gasteiger partial charge in [-0.2, -0.15) is 4.68 Å². The minimum Gasteiger partial charge on any atom is -0.399 e. The maximum absolute atomic E-state index is 6.03. The molecule has 6 nitrogen and oxygen atoms in total. The standard InChI is InChI=1S/C14H13BrN6/c1-8-2-3-9(15)6-13(8)21-14(18-19-20-21)11-5-4-10(16)7-12(11)17/h2-7H,16-17H2,1H3. The van der Waals surface area contributed by atoms with Gasteiger partial charge in [-0.15, -0.1) is 5.10 Å². The van der Waals surface area contributed by atoms with Gasteiger partial charge in [0, 0.05) is 21.4 Å². The molecular formula is C14H13BrN6. The van der Waals surface area contributed by atoms with E-state index in [1.807, 2.05) is 31.2 Å². The SMILES string of the molecule is Cc1ccc(Br)cc1-n1nnnc1-c1ccc(N)cc1N. The lowest BCUT2D eigenvalue weighted by Crippen LogP contribution is -2.04. The maximum Gasteiger partial charge on any atom is 0.189 e. The van der Waals surface area contributed by atoms with E-state index < -0.39 is 0 Å².